The average Bonchev–Trinajstić information content (AvgIpc) is 2.74. The van der Waals surface area contributed by atoms with Crippen molar-refractivity contribution in [1.29, 1.82) is 0 Å². The second-order valence-corrected chi connectivity index (χ2v) is 7.58. The lowest BCUT2D eigenvalue weighted by atomic mass is 9.76. The van der Waals surface area contributed by atoms with E-state index in [0.29, 0.717) is 11.5 Å². The summed E-state index contributed by atoms with van der Waals surface area (Å²) in [5, 5.41) is 20.0. The van der Waals surface area contributed by atoms with Gasteiger partial charge in [0.2, 0.25) is 0 Å². The number of rotatable bonds is 2. The number of carboxylic acids is 1. The fraction of sp³-hybridized carbons (Fsp3) is 0.208. The molecule has 0 radical (unpaired) electrons. The van der Waals surface area contributed by atoms with Gasteiger partial charge in [0, 0.05) is 5.92 Å². The number of fused-ring (bicyclic) bond motifs is 5. The highest BCUT2D eigenvalue weighted by atomic mass is 16.4. The monoisotopic (exact) mass is 384 g/mol. The number of hydrogen-bond donors (Lipinski definition) is 2. The number of aromatic carboxylic acids is 1. The van der Waals surface area contributed by atoms with Gasteiger partial charge in [0.15, 0.2) is 11.4 Å². The fourth-order valence-corrected chi connectivity index (χ4v) is 4.66. The number of aromatic hydroxyl groups is 1. The van der Waals surface area contributed by atoms with Gasteiger partial charge >= 0.3 is 5.97 Å². The molecule has 144 valence electrons. The third kappa shape index (κ3) is 2.73. The van der Waals surface area contributed by atoms with Crippen molar-refractivity contribution in [3.05, 3.63) is 88.0 Å². The first-order valence-electron chi connectivity index (χ1n) is 9.75. The van der Waals surface area contributed by atoms with E-state index >= 15 is 0 Å². The zero-order valence-electron chi connectivity index (χ0n) is 16.0. The lowest BCUT2D eigenvalue weighted by molar-refractivity contribution is 0.0686. The molecule has 2 aliphatic carbocycles. The quantitative estimate of drug-likeness (QED) is 0.647. The van der Waals surface area contributed by atoms with Crippen LogP contribution in [0.15, 0.2) is 48.6 Å². The Morgan fingerprint density at radius 3 is 2.69 bits per heavy atom. The van der Waals surface area contributed by atoms with Gasteiger partial charge in [-0.2, -0.15) is 0 Å². The summed E-state index contributed by atoms with van der Waals surface area (Å²) in [4.78, 5) is 19.8. The molecule has 5 heteroatoms. The number of benzene rings is 2. The number of hydrogen-bond acceptors (Lipinski definition) is 4. The molecule has 2 aromatic carbocycles. The highest BCUT2D eigenvalue weighted by Gasteiger charge is 2.29. The van der Waals surface area contributed by atoms with Crippen molar-refractivity contribution >= 4 is 5.97 Å². The Bertz CT molecular complexity index is 1200. The molecule has 0 amide bonds. The second-order valence-electron chi connectivity index (χ2n) is 7.58. The van der Waals surface area contributed by atoms with Crippen LogP contribution in [0.2, 0.25) is 0 Å². The third-order valence-corrected chi connectivity index (χ3v) is 5.92. The van der Waals surface area contributed by atoms with Crippen molar-refractivity contribution in [2.45, 2.75) is 32.1 Å². The van der Waals surface area contributed by atoms with E-state index in [2.05, 4.69) is 52.4 Å². The number of carbonyl (C=O) groups is 1. The maximum Gasteiger partial charge on any atom is 0.358 e. The lowest BCUT2D eigenvalue weighted by Gasteiger charge is -2.28. The van der Waals surface area contributed by atoms with Crippen LogP contribution in [-0.2, 0) is 19.3 Å². The summed E-state index contributed by atoms with van der Waals surface area (Å²) in [5.74, 6) is -1.56. The molecule has 5 rings (SSSR count). The molecule has 5 nitrogen and oxygen atoms in total. The maximum atomic E-state index is 11.5. The predicted octanol–water partition coefficient (Wildman–Crippen LogP) is 4.20. The molecule has 0 bridgehead atoms. The first-order valence-corrected chi connectivity index (χ1v) is 9.75. The number of aryl methyl sites for hydroxylation is 2. The van der Waals surface area contributed by atoms with E-state index in [1.807, 2.05) is 6.08 Å². The molecular weight excluding hydrogens is 364 g/mol. The summed E-state index contributed by atoms with van der Waals surface area (Å²) < 4.78 is 0. The normalized spacial score (nSPS) is 16.7. The van der Waals surface area contributed by atoms with Crippen LogP contribution >= 0.6 is 0 Å². The maximum absolute atomic E-state index is 11.5. The summed E-state index contributed by atoms with van der Waals surface area (Å²) in [7, 11) is 0. The zero-order chi connectivity index (χ0) is 20.1. The van der Waals surface area contributed by atoms with Crippen molar-refractivity contribution in [3.8, 4) is 16.9 Å². The molecule has 1 atom stereocenters. The standard InChI is InChI=1S/C24H20N2O3/c1-13-25-21(23(27)22(26-13)24(28)29)20-8-4-7-16-18-10-9-14-5-2-3-6-15(14)17(18)11-12-19(16)20/h2-6,8,11-12,20,27H,7,9-10H2,1H3,(H,28,29). The van der Waals surface area contributed by atoms with E-state index in [1.54, 1.807) is 6.92 Å². The van der Waals surface area contributed by atoms with Crippen LogP contribution in [0.25, 0.3) is 11.1 Å². The summed E-state index contributed by atoms with van der Waals surface area (Å²) in [5.41, 5.74) is 7.62. The highest BCUT2D eigenvalue weighted by Crippen LogP contribution is 2.43. The molecular formula is C24H20N2O3. The summed E-state index contributed by atoms with van der Waals surface area (Å²) >= 11 is 0. The number of nitrogens with zero attached hydrogens (tertiary/aromatic N) is 2. The topological polar surface area (TPSA) is 83.3 Å². The van der Waals surface area contributed by atoms with Crippen LogP contribution in [0.3, 0.4) is 0 Å². The summed E-state index contributed by atoms with van der Waals surface area (Å²) in [6.07, 6.45) is 6.90. The molecule has 0 fully saturated rings. The van der Waals surface area contributed by atoms with E-state index in [1.165, 1.54) is 27.8 Å². The molecule has 2 aliphatic rings. The number of allylic oxidation sites excluding steroid dienone is 2. The van der Waals surface area contributed by atoms with Crippen molar-refractivity contribution < 1.29 is 15.0 Å². The van der Waals surface area contributed by atoms with Gasteiger partial charge in [0.1, 0.15) is 5.82 Å². The Balaban J connectivity index is 1.68. The predicted molar refractivity (Wildman–Crippen MR) is 109 cm³/mol. The minimum absolute atomic E-state index is 0.291. The molecule has 29 heavy (non-hydrogen) atoms. The Kier molecular flexibility index (Phi) is 3.98. The van der Waals surface area contributed by atoms with Crippen molar-refractivity contribution in [1.82, 2.24) is 9.97 Å². The van der Waals surface area contributed by atoms with Crippen LogP contribution < -0.4 is 0 Å². The van der Waals surface area contributed by atoms with Gasteiger partial charge in [0.25, 0.3) is 0 Å². The molecule has 2 N–H and O–H groups in total. The zero-order valence-corrected chi connectivity index (χ0v) is 16.0. The second kappa shape index (κ2) is 6.55. The van der Waals surface area contributed by atoms with Crippen LogP contribution in [-0.4, -0.2) is 26.2 Å². The first-order chi connectivity index (χ1) is 14.0. The molecule has 1 aromatic heterocycles. The molecule has 1 heterocycles. The van der Waals surface area contributed by atoms with Crippen LogP contribution in [0, 0.1) is 6.92 Å². The van der Waals surface area contributed by atoms with E-state index < -0.39 is 5.97 Å². The summed E-state index contributed by atoms with van der Waals surface area (Å²) in [6.45, 7) is 1.65. The molecule has 1 unspecified atom stereocenters. The SMILES string of the molecule is Cc1nc(C(=O)O)c(O)c(C2C=CCc3c2ccc2c3CCc3ccccc3-2)n1. The molecule has 3 aromatic rings. The Morgan fingerprint density at radius 1 is 1.03 bits per heavy atom. The minimum Gasteiger partial charge on any atom is -0.504 e. The van der Waals surface area contributed by atoms with Gasteiger partial charge in [-0.3, -0.25) is 0 Å². The lowest BCUT2D eigenvalue weighted by Crippen LogP contribution is -2.16. The van der Waals surface area contributed by atoms with E-state index in [4.69, 9.17) is 0 Å². The van der Waals surface area contributed by atoms with E-state index in [-0.39, 0.29) is 17.4 Å². The van der Waals surface area contributed by atoms with Crippen LogP contribution in [0.5, 0.6) is 5.75 Å². The van der Waals surface area contributed by atoms with Gasteiger partial charge in [-0.1, -0.05) is 48.6 Å². The summed E-state index contributed by atoms with van der Waals surface area (Å²) in [6, 6.07) is 12.8. The Morgan fingerprint density at radius 2 is 1.86 bits per heavy atom. The largest absolute Gasteiger partial charge is 0.504 e. The first kappa shape index (κ1) is 17.6. The Hall–Kier alpha value is -3.47. The van der Waals surface area contributed by atoms with Crippen molar-refractivity contribution in [2.75, 3.05) is 0 Å². The van der Waals surface area contributed by atoms with E-state index in [9.17, 15) is 15.0 Å². The number of aromatic nitrogens is 2. The van der Waals surface area contributed by atoms with Crippen molar-refractivity contribution in [2.24, 2.45) is 0 Å². The van der Waals surface area contributed by atoms with E-state index in [0.717, 1.165) is 24.8 Å². The van der Waals surface area contributed by atoms with Crippen LogP contribution in [0.4, 0.5) is 0 Å². The van der Waals surface area contributed by atoms with Crippen LogP contribution in [0.1, 0.15) is 50.2 Å². The van der Waals surface area contributed by atoms with Gasteiger partial charge < -0.3 is 10.2 Å². The molecule has 0 saturated heterocycles. The molecule has 0 saturated carbocycles. The van der Waals surface area contributed by atoms with Gasteiger partial charge in [-0.05, 0) is 59.6 Å². The van der Waals surface area contributed by atoms with Crippen molar-refractivity contribution in [3.63, 3.8) is 0 Å². The minimum atomic E-state index is -1.25. The smallest absolute Gasteiger partial charge is 0.358 e. The van der Waals surface area contributed by atoms with Gasteiger partial charge in [-0.15, -0.1) is 0 Å². The molecule has 0 aliphatic heterocycles. The Labute approximate surface area is 168 Å². The average molecular weight is 384 g/mol. The third-order valence-electron chi connectivity index (χ3n) is 5.92. The molecule has 0 spiro atoms. The van der Waals surface area contributed by atoms with Gasteiger partial charge in [0.05, 0.1) is 5.69 Å². The fourth-order valence-electron chi connectivity index (χ4n) is 4.66. The number of carboxylic acid groups (broad SMARTS) is 1. The van der Waals surface area contributed by atoms with Gasteiger partial charge in [-0.25, -0.2) is 14.8 Å². The highest BCUT2D eigenvalue weighted by molar-refractivity contribution is 5.89.